The van der Waals surface area contributed by atoms with Gasteiger partial charge in [0.25, 0.3) is 0 Å². The topological polar surface area (TPSA) is 44.0 Å². The van der Waals surface area contributed by atoms with Gasteiger partial charge in [0.15, 0.2) is 0 Å². The van der Waals surface area contributed by atoms with Crippen LogP contribution in [0, 0.1) is 11.3 Å². The van der Waals surface area contributed by atoms with Gasteiger partial charge in [0.2, 0.25) is 0 Å². The third-order valence-electron chi connectivity index (χ3n) is 5.75. The molecule has 0 bridgehead atoms. The number of nitriles is 1. The smallest absolute Gasteiger partial charge is 0.0973 e. The Morgan fingerprint density at radius 1 is 1.00 bits per heavy atom. The van der Waals surface area contributed by atoms with Gasteiger partial charge in [-0.25, -0.2) is 0 Å². The summed E-state index contributed by atoms with van der Waals surface area (Å²) in [7, 11) is 2.07. The molecule has 0 fully saturated rings. The zero-order chi connectivity index (χ0) is 20.4. The molecule has 0 saturated carbocycles. The van der Waals surface area contributed by atoms with E-state index in [-0.39, 0.29) is 0 Å². The van der Waals surface area contributed by atoms with Crippen LogP contribution in [-0.4, -0.2) is 24.2 Å². The number of fused-ring (bicyclic) bond motifs is 1. The Morgan fingerprint density at radius 3 is 2.48 bits per heavy atom. The first-order valence-electron chi connectivity index (χ1n) is 10.1. The number of hydrogen-bond donors (Lipinski definition) is 1. The average molecular weight is 383 g/mol. The molecule has 1 aliphatic rings. The van der Waals surface area contributed by atoms with Crippen molar-refractivity contribution in [3.8, 4) is 17.3 Å². The molecule has 29 heavy (non-hydrogen) atoms. The lowest BCUT2D eigenvalue weighted by Crippen LogP contribution is -2.21. The number of benzene rings is 2. The first-order valence-corrected chi connectivity index (χ1v) is 10.1. The van der Waals surface area contributed by atoms with Gasteiger partial charge in [-0.3, -0.25) is 0 Å². The number of nitrogens with zero attached hydrogens (tertiary/aromatic N) is 3. The van der Waals surface area contributed by atoms with E-state index in [4.69, 9.17) is 0 Å². The van der Waals surface area contributed by atoms with Crippen molar-refractivity contribution < 1.29 is 0 Å². The zero-order valence-electron chi connectivity index (χ0n) is 17.2. The Morgan fingerprint density at radius 2 is 1.72 bits per heavy atom. The fourth-order valence-corrected chi connectivity index (χ4v) is 4.09. The second-order valence-electron chi connectivity index (χ2n) is 7.30. The van der Waals surface area contributed by atoms with Gasteiger partial charge in [0.05, 0.1) is 18.2 Å². The molecule has 2 aromatic carbocycles. The summed E-state index contributed by atoms with van der Waals surface area (Å²) >= 11 is 0. The molecule has 0 saturated heterocycles. The third-order valence-corrected chi connectivity index (χ3v) is 5.75. The molecule has 0 unspecified atom stereocenters. The van der Waals surface area contributed by atoms with Crippen LogP contribution in [0.15, 0.2) is 66.4 Å². The van der Waals surface area contributed by atoms with Gasteiger partial charge in [-0.2, -0.15) is 5.26 Å². The highest BCUT2D eigenvalue weighted by molar-refractivity contribution is 5.90. The standard InChI is InChI=1S/C25H26N4/c1-4-29(5-2)22-9-8-18-14-20(7-6-19(18)15-22)24-10-11-25(28(24)3)23-12-13-27-17-21(23)16-26/h6-15,27H,4-5,17H2,1-3H3. The summed E-state index contributed by atoms with van der Waals surface area (Å²) < 4.78 is 2.17. The summed E-state index contributed by atoms with van der Waals surface area (Å²) in [5.41, 5.74) is 6.41. The molecule has 146 valence electrons. The predicted molar refractivity (Wildman–Crippen MR) is 122 cm³/mol. The minimum Gasteiger partial charge on any atom is -0.386 e. The van der Waals surface area contributed by atoms with E-state index in [1.807, 2.05) is 12.3 Å². The van der Waals surface area contributed by atoms with Crippen molar-refractivity contribution in [3.63, 3.8) is 0 Å². The highest BCUT2D eigenvalue weighted by Crippen LogP contribution is 2.31. The molecule has 4 rings (SSSR count). The lowest BCUT2D eigenvalue weighted by atomic mass is 10.0. The number of allylic oxidation sites excluding steroid dienone is 2. The minimum absolute atomic E-state index is 0.577. The monoisotopic (exact) mass is 382 g/mol. The van der Waals surface area contributed by atoms with Crippen LogP contribution in [-0.2, 0) is 7.05 Å². The van der Waals surface area contributed by atoms with Gasteiger partial charge >= 0.3 is 0 Å². The highest BCUT2D eigenvalue weighted by atomic mass is 15.1. The van der Waals surface area contributed by atoms with Gasteiger partial charge in [-0.05, 0) is 72.8 Å². The maximum Gasteiger partial charge on any atom is 0.0973 e. The van der Waals surface area contributed by atoms with E-state index in [1.54, 1.807) is 0 Å². The number of nitrogens with one attached hydrogen (secondary N) is 1. The van der Waals surface area contributed by atoms with Crippen LogP contribution in [0.25, 0.3) is 27.6 Å². The molecule has 1 aliphatic heterocycles. The van der Waals surface area contributed by atoms with Crippen molar-refractivity contribution in [1.29, 1.82) is 5.26 Å². The van der Waals surface area contributed by atoms with E-state index >= 15 is 0 Å². The molecule has 0 spiro atoms. The summed E-state index contributed by atoms with van der Waals surface area (Å²) in [6.07, 6.45) is 3.89. The van der Waals surface area contributed by atoms with Gasteiger partial charge in [0, 0.05) is 42.8 Å². The van der Waals surface area contributed by atoms with Crippen molar-refractivity contribution in [2.45, 2.75) is 13.8 Å². The maximum absolute atomic E-state index is 9.46. The summed E-state index contributed by atoms with van der Waals surface area (Å²) in [6, 6.07) is 19.9. The van der Waals surface area contributed by atoms with Crippen molar-refractivity contribution >= 4 is 22.0 Å². The molecule has 3 aromatic rings. The largest absolute Gasteiger partial charge is 0.386 e. The second kappa shape index (κ2) is 7.89. The molecule has 1 aromatic heterocycles. The second-order valence-corrected chi connectivity index (χ2v) is 7.30. The van der Waals surface area contributed by atoms with E-state index in [2.05, 4.69) is 90.3 Å². The summed E-state index contributed by atoms with van der Waals surface area (Å²) in [5, 5.41) is 15.1. The van der Waals surface area contributed by atoms with Crippen molar-refractivity contribution in [3.05, 3.63) is 72.1 Å². The molecule has 4 nitrogen and oxygen atoms in total. The normalized spacial score (nSPS) is 13.4. The lowest BCUT2D eigenvalue weighted by Gasteiger charge is -2.21. The fourth-order valence-electron chi connectivity index (χ4n) is 4.09. The first kappa shape index (κ1) is 18.9. The maximum atomic E-state index is 9.46. The van der Waals surface area contributed by atoms with E-state index < -0.39 is 0 Å². The predicted octanol–water partition coefficient (Wildman–Crippen LogP) is 5.09. The number of hydrogen-bond acceptors (Lipinski definition) is 3. The molecule has 4 heteroatoms. The van der Waals surface area contributed by atoms with E-state index in [0.29, 0.717) is 6.54 Å². The third kappa shape index (κ3) is 3.40. The SMILES string of the molecule is CCN(CC)c1ccc2cc(-c3ccc(C4=C(C#N)CNC=C4)n3C)ccc2c1. The zero-order valence-corrected chi connectivity index (χ0v) is 17.2. The summed E-state index contributed by atoms with van der Waals surface area (Å²) in [6.45, 7) is 6.98. The summed E-state index contributed by atoms with van der Waals surface area (Å²) in [4.78, 5) is 2.36. The van der Waals surface area contributed by atoms with Gasteiger partial charge in [-0.15, -0.1) is 0 Å². The van der Waals surface area contributed by atoms with Crippen molar-refractivity contribution in [2.75, 3.05) is 24.5 Å². The van der Waals surface area contributed by atoms with Gasteiger partial charge in [0.1, 0.15) is 0 Å². The minimum atomic E-state index is 0.577. The number of aromatic nitrogens is 1. The molecule has 0 amide bonds. The molecule has 0 radical (unpaired) electrons. The van der Waals surface area contributed by atoms with Crippen LogP contribution in [0.1, 0.15) is 19.5 Å². The van der Waals surface area contributed by atoms with Crippen LogP contribution in [0.5, 0.6) is 0 Å². The molecule has 1 N–H and O–H groups in total. The molecule has 0 atom stereocenters. The van der Waals surface area contributed by atoms with E-state index in [1.165, 1.54) is 22.0 Å². The number of dihydropyridines is 1. The van der Waals surface area contributed by atoms with Crippen LogP contribution in [0.3, 0.4) is 0 Å². The molecule has 0 aliphatic carbocycles. The van der Waals surface area contributed by atoms with Crippen LogP contribution in [0.2, 0.25) is 0 Å². The molecule has 2 heterocycles. The lowest BCUT2D eigenvalue weighted by molar-refractivity contribution is 0.867. The fraction of sp³-hybridized carbons (Fsp3) is 0.240. The molecular weight excluding hydrogens is 356 g/mol. The Hall–Kier alpha value is -3.45. The van der Waals surface area contributed by atoms with Crippen molar-refractivity contribution in [1.82, 2.24) is 9.88 Å². The number of anilines is 1. The van der Waals surface area contributed by atoms with Gasteiger partial charge in [-0.1, -0.05) is 18.2 Å². The Balaban J connectivity index is 1.73. The average Bonchev–Trinajstić information content (AvgIpc) is 3.15. The quantitative estimate of drug-likeness (QED) is 0.669. The van der Waals surface area contributed by atoms with Crippen LogP contribution < -0.4 is 10.2 Å². The highest BCUT2D eigenvalue weighted by Gasteiger charge is 2.15. The van der Waals surface area contributed by atoms with E-state index in [0.717, 1.165) is 35.6 Å². The first-order chi connectivity index (χ1) is 14.2. The Labute approximate surface area is 172 Å². The summed E-state index contributed by atoms with van der Waals surface area (Å²) in [5.74, 6) is 0. The van der Waals surface area contributed by atoms with Crippen molar-refractivity contribution in [2.24, 2.45) is 7.05 Å². The Bertz CT molecular complexity index is 1150. The van der Waals surface area contributed by atoms with Gasteiger partial charge < -0.3 is 14.8 Å². The van der Waals surface area contributed by atoms with Crippen LogP contribution in [0.4, 0.5) is 5.69 Å². The number of rotatable bonds is 5. The van der Waals surface area contributed by atoms with E-state index in [9.17, 15) is 5.26 Å². The Kier molecular flexibility index (Phi) is 5.14. The molecular formula is C25H26N4. The van der Waals surface area contributed by atoms with Crippen LogP contribution >= 0.6 is 0 Å².